The lowest BCUT2D eigenvalue weighted by Gasteiger charge is -2.22. The number of hydrogen-bond acceptors (Lipinski definition) is 2. The van der Waals surface area contributed by atoms with E-state index in [2.05, 4.69) is 13.0 Å². The second-order valence-electron chi connectivity index (χ2n) is 9.41. The van der Waals surface area contributed by atoms with Crippen molar-refractivity contribution >= 4 is 22.8 Å². The second kappa shape index (κ2) is 11.9. The molecular formula is C26H39NO3. The number of fused-ring (bicyclic) bond motifs is 1. The highest BCUT2D eigenvalue weighted by atomic mass is 16.4. The zero-order valence-corrected chi connectivity index (χ0v) is 19.1. The Hall–Kier alpha value is -2.10. The van der Waals surface area contributed by atoms with Gasteiger partial charge in [0.15, 0.2) is 0 Å². The predicted molar refractivity (Wildman–Crippen MR) is 124 cm³/mol. The zero-order valence-electron chi connectivity index (χ0n) is 19.1. The van der Waals surface area contributed by atoms with Crippen LogP contribution in [0.4, 0.5) is 0 Å². The van der Waals surface area contributed by atoms with Crippen LogP contribution in [0.15, 0.2) is 30.3 Å². The first-order valence-corrected chi connectivity index (χ1v) is 11.7. The van der Waals surface area contributed by atoms with Gasteiger partial charge in [0.2, 0.25) is 5.91 Å². The van der Waals surface area contributed by atoms with E-state index in [4.69, 9.17) is 5.11 Å². The van der Waals surface area contributed by atoms with Crippen LogP contribution in [-0.2, 0) is 11.2 Å². The number of para-hydroxylation sites is 1. The van der Waals surface area contributed by atoms with Crippen LogP contribution in [0.1, 0.15) is 102 Å². The van der Waals surface area contributed by atoms with Crippen LogP contribution in [0.25, 0.3) is 10.9 Å². The third-order valence-electron chi connectivity index (χ3n) is 5.83. The number of carboxylic acid groups (broad SMARTS) is 1. The molecular weight excluding hydrogens is 374 g/mol. The van der Waals surface area contributed by atoms with E-state index >= 15 is 0 Å². The number of carbonyl (C=O) groups is 2. The molecule has 4 heteroatoms. The van der Waals surface area contributed by atoms with Gasteiger partial charge in [-0.25, -0.2) is 0 Å². The van der Waals surface area contributed by atoms with Gasteiger partial charge in [0.05, 0.1) is 11.9 Å². The molecule has 0 aliphatic rings. The molecule has 1 heterocycles. The molecule has 2 rings (SSSR count). The lowest BCUT2D eigenvalue weighted by atomic mass is 9.85. The van der Waals surface area contributed by atoms with E-state index in [1.165, 1.54) is 51.4 Å². The number of aliphatic carboxylic acids is 1. The Morgan fingerprint density at radius 2 is 1.50 bits per heavy atom. The molecule has 0 aliphatic carbocycles. The van der Waals surface area contributed by atoms with Crippen molar-refractivity contribution in [2.75, 3.05) is 0 Å². The van der Waals surface area contributed by atoms with E-state index < -0.39 is 11.4 Å². The summed E-state index contributed by atoms with van der Waals surface area (Å²) in [6.07, 6.45) is 12.6. The van der Waals surface area contributed by atoms with Crippen molar-refractivity contribution in [3.8, 4) is 0 Å². The van der Waals surface area contributed by atoms with Gasteiger partial charge in [0, 0.05) is 17.5 Å². The maximum atomic E-state index is 13.2. The fourth-order valence-corrected chi connectivity index (χ4v) is 4.27. The van der Waals surface area contributed by atoms with Gasteiger partial charge in [-0.2, -0.15) is 0 Å². The minimum Gasteiger partial charge on any atom is -0.481 e. The maximum absolute atomic E-state index is 13.2. The summed E-state index contributed by atoms with van der Waals surface area (Å²) >= 11 is 0. The summed E-state index contributed by atoms with van der Waals surface area (Å²) in [4.78, 5) is 24.3. The number of aromatic nitrogens is 1. The summed E-state index contributed by atoms with van der Waals surface area (Å²) in [5.74, 6) is -0.867. The Labute approximate surface area is 181 Å². The van der Waals surface area contributed by atoms with Gasteiger partial charge < -0.3 is 5.11 Å². The van der Waals surface area contributed by atoms with Gasteiger partial charge in [-0.15, -0.1) is 0 Å². The summed E-state index contributed by atoms with van der Waals surface area (Å²) in [5.41, 5.74) is 1.42. The summed E-state index contributed by atoms with van der Waals surface area (Å²) in [5, 5.41) is 10.2. The fourth-order valence-electron chi connectivity index (χ4n) is 4.27. The molecule has 0 aliphatic heterocycles. The highest BCUT2D eigenvalue weighted by molar-refractivity contribution is 5.94. The van der Waals surface area contributed by atoms with Crippen molar-refractivity contribution in [2.24, 2.45) is 5.41 Å². The average molecular weight is 414 g/mol. The molecule has 0 fully saturated rings. The van der Waals surface area contributed by atoms with Crippen molar-refractivity contribution in [2.45, 2.75) is 97.8 Å². The highest BCUT2D eigenvalue weighted by Crippen LogP contribution is 2.29. The van der Waals surface area contributed by atoms with Crippen LogP contribution in [0.5, 0.6) is 0 Å². The van der Waals surface area contributed by atoms with Crippen LogP contribution >= 0.6 is 0 Å². The first-order chi connectivity index (χ1) is 14.3. The molecule has 2 aromatic rings. The SMILES string of the molecule is CCCCCCCCCCCc1cc2ccccc2n1C(=O)CC(C)(C)CC(=O)O. The average Bonchev–Trinajstić information content (AvgIpc) is 3.03. The molecule has 0 atom stereocenters. The van der Waals surface area contributed by atoms with Crippen LogP contribution < -0.4 is 0 Å². The molecule has 0 saturated carbocycles. The smallest absolute Gasteiger partial charge is 0.303 e. The van der Waals surface area contributed by atoms with Crippen LogP contribution in [0.2, 0.25) is 0 Å². The molecule has 166 valence electrons. The Kier molecular flexibility index (Phi) is 9.61. The first-order valence-electron chi connectivity index (χ1n) is 11.7. The first kappa shape index (κ1) is 24.2. The van der Waals surface area contributed by atoms with E-state index in [0.717, 1.165) is 29.4 Å². The Morgan fingerprint density at radius 3 is 2.13 bits per heavy atom. The van der Waals surface area contributed by atoms with Crippen molar-refractivity contribution in [3.63, 3.8) is 0 Å². The minimum absolute atomic E-state index is 0.00614. The number of unbranched alkanes of at least 4 members (excludes halogenated alkanes) is 8. The van der Waals surface area contributed by atoms with Gasteiger partial charge in [0.25, 0.3) is 0 Å². The highest BCUT2D eigenvalue weighted by Gasteiger charge is 2.27. The summed E-state index contributed by atoms with van der Waals surface area (Å²) in [6, 6.07) is 10.1. The topological polar surface area (TPSA) is 59.3 Å². The lowest BCUT2D eigenvalue weighted by molar-refractivity contribution is -0.139. The molecule has 0 radical (unpaired) electrons. The minimum atomic E-state index is -0.861. The maximum Gasteiger partial charge on any atom is 0.303 e. The van der Waals surface area contributed by atoms with Crippen molar-refractivity contribution in [3.05, 3.63) is 36.0 Å². The molecule has 0 unspecified atom stereocenters. The molecule has 0 saturated heterocycles. The number of carbonyl (C=O) groups excluding carboxylic acids is 1. The molecule has 1 aromatic heterocycles. The monoisotopic (exact) mass is 413 g/mol. The number of hydrogen-bond donors (Lipinski definition) is 1. The van der Waals surface area contributed by atoms with E-state index in [-0.39, 0.29) is 18.7 Å². The number of benzene rings is 1. The molecule has 0 bridgehead atoms. The number of aryl methyl sites for hydroxylation is 1. The quantitative estimate of drug-likeness (QED) is 0.332. The zero-order chi connectivity index (χ0) is 22.0. The summed E-state index contributed by atoms with van der Waals surface area (Å²) in [7, 11) is 0. The number of carboxylic acids is 1. The van der Waals surface area contributed by atoms with Gasteiger partial charge in [-0.3, -0.25) is 14.2 Å². The van der Waals surface area contributed by atoms with E-state index in [1.54, 1.807) is 0 Å². The Balaban J connectivity index is 1.97. The van der Waals surface area contributed by atoms with E-state index in [1.807, 2.05) is 42.7 Å². The normalized spacial score (nSPS) is 11.8. The van der Waals surface area contributed by atoms with Gasteiger partial charge in [-0.05, 0) is 30.4 Å². The largest absolute Gasteiger partial charge is 0.481 e. The van der Waals surface area contributed by atoms with Crippen molar-refractivity contribution in [1.82, 2.24) is 4.57 Å². The Bertz CT molecular complexity index is 819. The standard InChI is InChI=1S/C26H39NO3/c1-4-5-6-7-8-9-10-11-12-16-22-18-21-15-13-14-17-23(21)27(22)24(28)19-26(2,3)20-25(29)30/h13-15,17-18H,4-12,16,19-20H2,1-3H3,(H,29,30). The van der Waals surface area contributed by atoms with Crippen LogP contribution in [-0.4, -0.2) is 21.6 Å². The third-order valence-corrected chi connectivity index (χ3v) is 5.83. The Morgan fingerprint density at radius 1 is 0.900 bits per heavy atom. The van der Waals surface area contributed by atoms with Crippen LogP contribution in [0.3, 0.4) is 0 Å². The lowest BCUT2D eigenvalue weighted by Crippen LogP contribution is -2.25. The van der Waals surface area contributed by atoms with Crippen molar-refractivity contribution in [1.29, 1.82) is 0 Å². The predicted octanol–water partition coefficient (Wildman–Crippen LogP) is 7.25. The molecule has 1 aromatic carbocycles. The molecule has 0 spiro atoms. The van der Waals surface area contributed by atoms with Crippen LogP contribution in [0, 0.1) is 5.41 Å². The van der Waals surface area contributed by atoms with Gasteiger partial charge >= 0.3 is 5.97 Å². The van der Waals surface area contributed by atoms with Crippen molar-refractivity contribution < 1.29 is 14.7 Å². The third kappa shape index (κ3) is 7.62. The number of nitrogens with zero attached hydrogens (tertiary/aromatic N) is 1. The number of rotatable bonds is 14. The van der Waals surface area contributed by atoms with E-state index in [0.29, 0.717) is 0 Å². The molecule has 0 amide bonds. The summed E-state index contributed by atoms with van der Waals surface area (Å²) in [6.45, 7) is 5.95. The van der Waals surface area contributed by atoms with E-state index in [9.17, 15) is 9.59 Å². The fraction of sp³-hybridized carbons (Fsp3) is 0.615. The molecule has 1 N–H and O–H groups in total. The van der Waals surface area contributed by atoms with Gasteiger partial charge in [0.1, 0.15) is 0 Å². The second-order valence-corrected chi connectivity index (χ2v) is 9.41. The summed E-state index contributed by atoms with van der Waals surface area (Å²) < 4.78 is 1.84. The molecule has 30 heavy (non-hydrogen) atoms. The molecule has 4 nitrogen and oxygen atoms in total. The van der Waals surface area contributed by atoms with Gasteiger partial charge in [-0.1, -0.05) is 90.3 Å².